The lowest BCUT2D eigenvalue weighted by Crippen LogP contribution is -2.22. The van der Waals surface area contributed by atoms with Crippen LogP contribution in [0.15, 0.2) is 29.0 Å². The predicted octanol–water partition coefficient (Wildman–Crippen LogP) is 2.82. The minimum absolute atomic E-state index is 0.0140. The third-order valence-corrected chi connectivity index (χ3v) is 3.64. The standard InChI is InChI=1S/C12H10ClN3O3S/c13-9-3-8(4-10(11(9)14)16(18)19)12(17)15-5-7-1-2-20-6-7/h1-4,6H,5,14H2,(H,15,17). The number of nitro groups is 1. The summed E-state index contributed by atoms with van der Waals surface area (Å²) in [6, 6.07) is 4.31. The molecule has 8 heteroatoms. The van der Waals surface area contributed by atoms with Gasteiger partial charge in [0.25, 0.3) is 11.6 Å². The summed E-state index contributed by atoms with van der Waals surface area (Å²) in [6.45, 7) is 0.345. The van der Waals surface area contributed by atoms with Crippen molar-refractivity contribution in [3.05, 3.63) is 55.2 Å². The van der Waals surface area contributed by atoms with E-state index in [-0.39, 0.29) is 22.0 Å². The van der Waals surface area contributed by atoms with Crippen LogP contribution >= 0.6 is 22.9 Å². The van der Waals surface area contributed by atoms with E-state index in [1.807, 2.05) is 16.8 Å². The molecule has 0 fully saturated rings. The summed E-state index contributed by atoms with van der Waals surface area (Å²) in [6.07, 6.45) is 0. The van der Waals surface area contributed by atoms with Crippen LogP contribution in [0.4, 0.5) is 11.4 Å². The van der Waals surface area contributed by atoms with Crippen molar-refractivity contribution < 1.29 is 9.72 Å². The molecule has 0 saturated heterocycles. The molecule has 0 radical (unpaired) electrons. The second kappa shape index (κ2) is 5.89. The van der Waals surface area contributed by atoms with Crippen LogP contribution in [0.25, 0.3) is 0 Å². The Morgan fingerprint density at radius 1 is 1.50 bits per heavy atom. The number of thiophene rings is 1. The molecule has 1 heterocycles. The van der Waals surface area contributed by atoms with Crippen molar-refractivity contribution in [3.8, 4) is 0 Å². The van der Waals surface area contributed by atoms with Crippen LogP contribution in [0.5, 0.6) is 0 Å². The maximum absolute atomic E-state index is 11.9. The van der Waals surface area contributed by atoms with Gasteiger partial charge in [-0.25, -0.2) is 0 Å². The molecule has 1 aromatic carbocycles. The molecule has 0 aliphatic rings. The van der Waals surface area contributed by atoms with E-state index in [0.717, 1.165) is 11.6 Å². The largest absolute Gasteiger partial charge is 0.392 e. The number of hydrogen-bond donors (Lipinski definition) is 2. The quantitative estimate of drug-likeness (QED) is 0.515. The molecule has 6 nitrogen and oxygen atoms in total. The van der Waals surface area contributed by atoms with E-state index in [0.29, 0.717) is 6.54 Å². The zero-order valence-electron chi connectivity index (χ0n) is 10.1. The van der Waals surface area contributed by atoms with Gasteiger partial charge in [-0.1, -0.05) is 11.6 Å². The second-order valence-corrected chi connectivity index (χ2v) is 5.15. The van der Waals surface area contributed by atoms with E-state index in [4.69, 9.17) is 17.3 Å². The normalized spacial score (nSPS) is 10.2. The summed E-state index contributed by atoms with van der Waals surface area (Å²) in [5.74, 6) is -0.443. The number of rotatable bonds is 4. The zero-order valence-corrected chi connectivity index (χ0v) is 11.7. The average molecular weight is 312 g/mol. The summed E-state index contributed by atoms with van der Waals surface area (Å²) >= 11 is 7.32. The first-order chi connectivity index (χ1) is 9.49. The van der Waals surface area contributed by atoms with Crippen LogP contribution in [0.2, 0.25) is 5.02 Å². The molecule has 1 amide bonds. The topological polar surface area (TPSA) is 98.3 Å². The predicted molar refractivity (Wildman–Crippen MR) is 78.0 cm³/mol. The molecule has 0 aliphatic carbocycles. The molecule has 2 aromatic rings. The molecular weight excluding hydrogens is 302 g/mol. The molecule has 0 spiro atoms. The highest BCUT2D eigenvalue weighted by Crippen LogP contribution is 2.30. The number of nitrogens with one attached hydrogen (secondary N) is 1. The number of benzene rings is 1. The van der Waals surface area contributed by atoms with Crippen LogP contribution in [0.3, 0.4) is 0 Å². The summed E-state index contributed by atoms with van der Waals surface area (Å²) < 4.78 is 0. The Balaban J connectivity index is 2.19. The molecule has 0 atom stereocenters. The molecule has 104 valence electrons. The smallest absolute Gasteiger partial charge is 0.294 e. The van der Waals surface area contributed by atoms with Gasteiger partial charge in [-0.05, 0) is 28.5 Å². The van der Waals surface area contributed by atoms with Crippen molar-refractivity contribution in [1.29, 1.82) is 0 Å². The number of nitrogens with zero attached hydrogens (tertiary/aromatic N) is 1. The highest BCUT2D eigenvalue weighted by Gasteiger charge is 2.19. The fourth-order valence-electron chi connectivity index (χ4n) is 1.56. The number of amides is 1. The van der Waals surface area contributed by atoms with Gasteiger partial charge in [0.1, 0.15) is 5.69 Å². The minimum atomic E-state index is -0.670. The van der Waals surface area contributed by atoms with Gasteiger partial charge in [0.15, 0.2) is 0 Å². The molecule has 0 bridgehead atoms. The molecule has 0 saturated carbocycles. The Hall–Kier alpha value is -2.12. The van der Waals surface area contributed by atoms with Crippen LogP contribution < -0.4 is 11.1 Å². The fourth-order valence-corrected chi connectivity index (χ4v) is 2.45. The van der Waals surface area contributed by atoms with Gasteiger partial charge in [0.2, 0.25) is 0 Å². The summed E-state index contributed by atoms with van der Waals surface area (Å²) in [5.41, 5.74) is 6.04. The Morgan fingerprint density at radius 2 is 2.25 bits per heavy atom. The highest BCUT2D eigenvalue weighted by molar-refractivity contribution is 7.07. The van der Waals surface area contributed by atoms with Gasteiger partial charge >= 0.3 is 0 Å². The highest BCUT2D eigenvalue weighted by atomic mass is 35.5. The maximum atomic E-state index is 11.9. The number of anilines is 1. The number of carbonyl (C=O) groups excluding carboxylic acids is 1. The van der Waals surface area contributed by atoms with Crippen molar-refractivity contribution >= 4 is 40.2 Å². The summed E-state index contributed by atoms with van der Waals surface area (Å²) in [7, 11) is 0. The summed E-state index contributed by atoms with van der Waals surface area (Å²) in [4.78, 5) is 22.1. The number of nitro benzene ring substituents is 1. The van der Waals surface area contributed by atoms with Gasteiger partial charge in [0.05, 0.1) is 9.95 Å². The summed E-state index contributed by atoms with van der Waals surface area (Å²) in [5, 5.41) is 17.3. The molecule has 0 unspecified atom stereocenters. The lowest BCUT2D eigenvalue weighted by molar-refractivity contribution is -0.383. The Morgan fingerprint density at radius 3 is 2.85 bits per heavy atom. The van der Waals surface area contributed by atoms with Gasteiger partial charge in [-0.15, -0.1) is 0 Å². The lowest BCUT2D eigenvalue weighted by Gasteiger charge is -2.06. The Kier molecular flexibility index (Phi) is 4.21. The van der Waals surface area contributed by atoms with Crippen LogP contribution in [0, 0.1) is 10.1 Å². The monoisotopic (exact) mass is 311 g/mol. The number of hydrogen-bond acceptors (Lipinski definition) is 5. The first-order valence-electron chi connectivity index (χ1n) is 5.51. The van der Waals surface area contributed by atoms with E-state index in [1.54, 1.807) is 0 Å². The van der Waals surface area contributed by atoms with Gasteiger partial charge in [-0.3, -0.25) is 14.9 Å². The number of nitrogens with two attached hydrogens (primary N) is 1. The van der Waals surface area contributed by atoms with Crippen LogP contribution in [-0.2, 0) is 6.54 Å². The third-order valence-electron chi connectivity index (χ3n) is 2.60. The van der Waals surface area contributed by atoms with Crippen molar-refractivity contribution in [2.24, 2.45) is 0 Å². The SMILES string of the molecule is Nc1c(Cl)cc(C(=O)NCc2ccsc2)cc1[N+](=O)[O-]. The van der Waals surface area contributed by atoms with Crippen molar-refractivity contribution in [2.75, 3.05) is 5.73 Å². The molecule has 0 aliphatic heterocycles. The Labute approximate surface area is 123 Å². The molecule has 2 rings (SSSR count). The van der Waals surface area contributed by atoms with Crippen LogP contribution in [-0.4, -0.2) is 10.8 Å². The first kappa shape index (κ1) is 14.3. The second-order valence-electron chi connectivity index (χ2n) is 3.96. The number of carbonyl (C=O) groups is 1. The maximum Gasteiger partial charge on any atom is 0.294 e. The van der Waals surface area contributed by atoms with Crippen LogP contribution in [0.1, 0.15) is 15.9 Å². The number of nitrogen functional groups attached to an aromatic ring is 1. The van der Waals surface area contributed by atoms with E-state index in [9.17, 15) is 14.9 Å². The van der Waals surface area contributed by atoms with E-state index in [2.05, 4.69) is 5.32 Å². The van der Waals surface area contributed by atoms with E-state index < -0.39 is 10.8 Å². The molecule has 1 aromatic heterocycles. The van der Waals surface area contributed by atoms with Gasteiger partial charge < -0.3 is 11.1 Å². The number of halogens is 1. The zero-order chi connectivity index (χ0) is 14.7. The van der Waals surface area contributed by atoms with Gasteiger partial charge in [0, 0.05) is 18.2 Å². The van der Waals surface area contributed by atoms with E-state index >= 15 is 0 Å². The molecular formula is C12H10ClN3O3S. The minimum Gasteiger partial charge on any atom is -0.392 e. The molecule has 20 heavy (non-hydrogen) atoms. The van der Waals surface area contributed by atoms with Gasteiger partial charge in [-0.2, -0.15) is 11.3 Å². The van der Waals surface area contributed by atoms with E-state index in [1.165, 1.54) is 17.4 Å². The Bertz CT molecular complexity index is 658. The third kappa shape index (κ3) is 3.06. The lowest BCUT2D eigenvalue weighted by atomic mass is 10.1. The fraction of sp³-hybridized carbons (Fsp3) is 0.0833. The van der Waals surface area contributed by atoms with Crippen molar-refractivity contribution in [1.82, 2.24) is 5.32 Å². The average Bonchev–Trinajstić information content (AvgIpc) is 2.91. The van der Waals surface area contributed by atoms with Crippen molar-refractivity contribution in [2.45, 2.75) is 6.54 Å². The first-order valence-corrected chi connectivity index (χ1v) is 6.84. The molecule has 3 N–H and O–H groups in total. The van der Waals surface area contributed by atoms with Crippen molar-refractivity contribution in [3.63, 3.8) is 0 Å².